The van der Waals surface area contributed by atoms with Crippen LogP contribution in [0.3, 0.4) is 0 Å². The summed E-state index contributed by atoms with van der Waals surface area (Å²) in [5.74, 6) is -1.51. The van der Waals surface area contributed by atoms with Crippen molar-refractivity contribution in [2.24, 2.45) is 5.92 Å². The van der Waals surface area contributed by atoms with E-state index in [2.05, 4.69) is 0 Å². The topological polar surface area (TPSA) is 20.3 Å². The Kier molecular flexibility index (Phi) is 4.94. The Labute approximate surface area is 82.1 Å². The highest BCUT2D eigenvalue weighted by atomic mass is 19.4. The Balaban J connectivity index is 0.000000791. The van der Waals surface area contributed by atoms with Crippen LogP contribution in [0.5, 0.6) is 0 Å². The molecule has 1 amide bonds. The standard InChI is InChI=1S/C7H10F3NO.C2H6/c1-5-2-3-11(4-5)6(12)7(8,9)10;1-2/h5H,2-4H2,1H3;1-2H3/t5-;/m1./s1. The molecule has 0 saturated carbocycles. The second-order valence-corrected chi connectivity index (χ2v) is 3.14. The lowest BCUT2D eigenvalue weighted by Crippen LogP contribution is -2.39. The Hall–Kier alpha value is -0.740. The monoisotopic (exact) mass is 211 g/mol. The number of amides is 1. The van der Waals surface area contributed by atoms with Gasteiger partial charge in [-0.1, -0.05) is 20.8 Å². The van der Waals surface area contributed by atoms with Crippen molar-refractivity contribution >= 4 is 5.91 Å². The van der Waals surface area contributed by atoms with Gasteiger partial charge in [-0.2, -0.15) is 13.2 Å². The van der Waals surface area contributed by atoms with Crippen molar-refractivity contribution in [3.8, 4) is 0 Å². The molecule has 2 nitrogen and oxygen atoms in total. The van der Waals surface area contributed by atoms with Crippen LogP contribution in [-0.4, -0.2) is 30.1 Å². The predicted molar refractivity (Wildman–Crippen MR) is 47.8 cm³/mol. The molecule has 1 aliphatic heterocycles. The van der Waals surface area contributed by atoms with Crippen LogP contribution in [0.4, 0.5) is 13.2 Å². The lowest BCUT2D eigenvalue weighted by Gasteiger charge is -2.17. The van der Waals surface area contributed by atoms with Crippen LogP contribution in [0.25, 0.3) is 0 Å². The number of hydrogen-bond acceptors (Lipinski definition) is 1. The van der Waals surface area contributed by atoms with Crippen molar-refractivity contribution < 1.29 is 18.0 Å². The zero-order chi connectivity index (χ0) is 11.4. The molecule has 1 saturated heterocycles. The molecule has 84 valence electrons. The maximum Gasteiger partial charge on any atom is 0.471 e. The maximum absolute atomic E-state index is 11.8. The highest BCUT2D eigenvalue weighted by Gasteiger charge is 2.43. The molecule has 0 aromatic carbocycles. The molecule has 0 radical (unpaired) electrons. The third kappa shape index (κ3) is 3.55. The van der Waals surface area contributed by atoms with Crippen LogP contribution < -0.4 is 0 Å². The molecule has 1 heterocycles. The first-order valence-corrected chi connectivity index (χ1v) is 4.77. The number of alkyl halides is 3. The van der Waals surface area contributed by atoms with E-state index in [4.69, 9.17) is 0 Å². The fourth-order valence-corrected chi connectivity index (χ4v) is 1.30. The van der Waals surface area contributed by atoms with Crippen LogP contribution in [-0.2, 0) is 4.79 Å². The summed E-state index contributed by atoms with van der Waals surface area (Å²) in [4.78, 5) is 11.5. The van der Waals surface area contributed by atoms with E-state index in [1.54, 1.807) is 0 Å². The first-order chi connectivity index (χ1) is 6.41. The highest BCUT2D eigenvalue weighted by molar-refractivity contribution is 5.82. The third-order valence-electron chi connectivity index (χ3n) is 1.95. The smallest absolute Gasteiger partial charge is 0.335 e. The number of carbonyl (C=O) groups is 1. The number of rotatable bonds is 0. The summed E-state index contributed by atoms with van der Waals surface area (Å²) < 4.78 is 35.5. The quantitative estimate of drug-likeness (QED) is 0.602. The lowest BCUT2D eigenvalue weighted by molar-refractivity contribution is -0.184. The number of nitrogens with zero attached hydrogens (tertiary/aromatic N) is 1. The fraction of sp³-hybridized carbons (Fsp3) is 0.889. The summed E-state index contributed by atoms with van der Waals surface area (Å²) in [5.41, 5.74) is 0. The zero-order valence-corrected chi connectivity index (χ0v) is 8.69. The molecule has 1 aliphatic rings. The van der Waals surface area contributed by atoms with Gasteiger partial charge in [0.25, 0.3) is 0 Å². The van der Waals surface area contributed by atoms with Gasteiger partial charge in [0.15, 0.2) is 0 Å². The third-order valence-corrected chi connectivity index (χ3v) is 1.95. The van der Waals surface area contributed by atoms with Gasteiger partial charge >= 0.3 is 12.1 Å². The molecule has 0 aliphatic carbocycles. The van der Waals surface area contributed by atoms with Crippen LogP contribution in [0.1, 0.15) is 27.2 Å². The SMILES string of the molecule is CC.C[C@@H]1CCN(C(=O)C(F)(F)F)C1. The Bertz CT molecular complexity index is 191. The summed E-state index contributed by atoms with van der Waals surface area (Å²) in [7, 11) is 0. The molecule has 0 unspecified atom stereocenters. The molecule has 1 rings (SSSR count). The minimum absolute atomic E-state index is 0.191. The van der Waals surface area contributed by atoms with E-state index in [1.165, 1.54) is 0 Å². The average molecular weight is 211 g/mol. The van der Waals surface area contributed by atoms with Crippen molar-refractivity contribution in [2.75, 3.05) is 13.1 Å². The highest BCUT2D eigenvalue weighted by Crippen LogP contribution is 2.23. The van der Waals surface area contributed by atoms with Gasteiger partial charge in [-0.15, -0.1) is 0 Å². The van der Waals surface area contributed by atoms with E-state index in [0.29, 0.717) is 6.42 Å². The predicted octanol–water partition coefficient (Wildman–Crippen LogP) is 2.44. The Morgan fingerprint density at radius 1 is 1.36 bits per heavy atom. The van der Waals surface area contributed by atoms with Gasteiger partial charge in [-0.3, -0.25) is 4.79 Å². The van der Waals surface area contributed by atoms with Crippen molar-refractivity contribution in [2.45, 2.75) is 33.4 Å². The van der Waals surface area contributed by atoms with Crippen LogP contribution in [0, 0.1) is 5.92 Å². The molecule has 0 aromatic rings. The molecular weight excluding hydrogens is 195 g/mol. The normalized spacial score (nSPS) is 21.6. The molecule has 0 bridgehead atoms. The van der Waals surface area contributed by atoms with Crippen LogP contribution >= 0.6 is 0 Å². The van der Waals surface area contributed by atoms with Gasteiger partial charge in [0, 0.05) is 13.1 Å². The van der Waals surface area contributed by atoms with E-state index in [0.717, 1.165) is 4.90 Å². The molecule has 0 aromatic heterocycles. The molecule has 14 heavy (non-hydrogen) atoms. The summed E-state index contributed by atoms with van der Waals surface area (Å²) in [6.07, 6.45) is -4.04. The number of hydrogen-bond donors (Lipinski definition) is 0. The van der Waals surface area contributed by atoms with E-state index < -0.39 is 12.1 Å². The first kappa shape index (κ1) is 13.3. The van der Waals surface area contributed by atoms with Crippen molar-refractivity contribution in [1.82, 2.24) is 4.90 Å². The fourth-order valence-electron chi connectivity index (χ4n) is 1.30. The molecular formula is C9H16F3NO. The second-order valence-electron chi connectivity index (χ2n) is 3.14. The summed E-state index contributed by atoms with van der Waals surface area (Å²) in [6.45, 7) is 6.31. The van der Waals surface area contributed by atoms with E-state index in [1.807, 2.05) is 20.8 Å². The van der Waals surface area contributed by atoms with Gasteiger partial charge in [-0.05, 0) is 12.3 Å². The molecule has 1 fully saturated rings. The van der Waals surface area contributed by atoms with Crippen LogP contribution in [0.15, 0.2) is 0 Å². The maximum atomic E-state index is 11.8. The number of halogens is 3. The Morgan fingerprint density at radius 3 is 2.14 bits per heavy atom. The number of carbonyl (C=O) groups excluding carboxylic acids is 1. The van der Waals surface area contributed by atoms with Crippen LogP contribution in [0.2, 0.25) is 0 Å². The summed E-state index contributed by atoms with van der Waals surface area (Å²) in [5, 5.41) is 0. The molecule has 5 heteroatoms. The first-order valence-electron chi connectivity index (χ1n) is 4.77. The van der Waals surface area contributed by atoms with Gasteiger partial charge in [0.1, 0.15) is 0 Å². The van der Waals surface area contributed by atoms with E-state index in [9.17, 15) is 18.0 Å². The van der Waals surface area contributed by atoms with Crippen molar-refractivity contribution in [1.29, 1.82) is 0 Å². The Morgan fingerprint density at radius 2 is 1.86 bits per heavy atom. The molecule has 0 N–H and O–H groups in total. The van der Waals surface area contributed by atoms with Gasteiger partial charge in [0.2, 0.25) is 0 Å². The van der Waals surface area contributed by atoms with E-state index in [-0.39, 0.29) is 19.0 Å². The van der Waals surface area contributed by atoms with Gasteiger partial charge < -0.3 is 4.90 Å². The van der Waals surface area contributed by atoms with Crippen molar-refractivity contribution in [3.63, 3.8) is 0 Å². The summed E-state index contributed by atoms with van der Waals surface area (Å²) >= 11 is 0. The largest absolute Gasteiger partial charge is 0.471 e. The average Bonchev–Trinajstić information content (AvgIpc) is 2.52. The molecule has 0 spiro atoms. The molecule has 1 atom stereocenters. The summed E-state index contributed by atoms with van der Waals surface area (Å²) in [6, 6.07) is 0. The zero-order valence-electron chi connectivity index (χ0n) is 8.69. The van der Waals surface area contributed by atoms with Gasteiger partial charge in [0.05, 0.1) is 0 Å². The minimum Gasteiger partial charge on any atom is -0.335 e. The number of likely N-dealkylation sites (tertiary alicyclic amines) is 1. The lowest BCUT2D eigenvalue weighted by atomic mass is 10.2. The van der Waals surface area contributed by atoms with Gasteiger partial charge in [-0.25, -0.2) is 0 Å². The second kappa shape index (κ2) is 5.22. The van der Waals surface area contributed by atoms with E-state index >= 15 is 0 Å². The minimum atomic E-state index is -4.70. The van der Waals surface area contributed by atoms with Crippen molar-refractivity contribution in [3.05, 3.63) is 0 Å².